The fourth-order valence-corrected chi connectivity index (χ4v) is 1.08. The largest absolute Gasteiger partial charge is 0.388 e. The third-order valence-corrected chi connectivity index (χ3v) is 2.42. The molecule has 3 N–H and O–H groups in total. The Morgan fingerprint density at radius 1 is 1.40 bits per heavy atom. The number of pyridine rings is 1. The van der Waals surface area contributed by atoms with E-state index >= 15 is 0 Å². The minimum absolute atomic E-state index is 0.504. The van der Waals surface area contributed by atoms with E-state index in [1.54, 1.807) is 0 Å². The molecule has 1 rings (SSSR count). The lowest BCUT2D eigenvalue weighted by Gasteiger charge is -2.21. The minimum Gasteiger partial charge on any atom is -0.388 e. The van der Waals surface area contributed by atoms with Crippen LogP contribution in [0, 0.1) is 0 Å². The van der Waals surface area contributed by atoms with Gasteiger partial charge in [0.2, 0.25) is 0 Å². The van der Waals surface area contributed by atoms with Gasteiger partial charge in [-0.3, -0.25) is 0 Å². The Labute approximate surface area is 90.7 Å². The molecule has 0 saturated heterocycles. The number of aromatic nitrogens is 1. The fourth-order valence-electron chi connectivity index (χ4n) is 1.08. The predicted octanol–water partition coefficient (Wildman–Crippen LogP) is 1.70. The smallest absolute Gasteiger partial charge is 0.128 e. The van der Waals surface area contributed by atoms with Crippen LogP contribution >= 0.6 is 0 Å². The highest BCUT2D eigenvalue weighted by Crippen LogP contribution is 2.12. The maximum absolute atomic E-state index is 9.81. The molecule has 1 aromatic heterocycles. The van der Waals surface area contributed by atoms with Gasteiger partial charge >= 0.3 is 0 Å². The van der Waals surface area contributed by atoms with Crippen molar-refractivity contribution in [1.29, 1.82) is 0 Å². The Morgan fingerprint density at radius 3 is 2.67 bits per heavy atom. The molecule has 4 nitrogen and oxygen atoms in total. The Kier molecular flexibility index (Phi) is 3.91. The van der Waals surface area contributed by atoms with E-state index < -0.39 is 5.60 Å². The second-order valence-corrected chi connectivity index (χ2v) is 3.86. The van der Waals surface area contributed by atoms with Gasteiger partial charge in [-0.15, -0.1) is 0 Å². The summed E-state index contributed by atoms with van der Waals surface area (Å²) in [5.41, 5.74) is -0.683. The van der Waals surface area contributed by atoms with Crippen LogP contribution < -0.4 is 10.6 Å². The summed E-state index contributed by atoms with van der Waals surface area (Å²) in [4.78, 5) is 4.30. The van der Waals surface area contributed by atoms with E-state index in [1.807, 2.05) is 39.1 Å². The van der Waals surface area contributed by atoms with Gasteiger partial charge in [-0.05, 0) is 25.5 Å². The van der Waals surface area contributed by atoms with E-state index in [1.165, 1.54) is 0 Å². The summed E-state index contributed by atoms with van der Waals surface area (Å²) < 4.78 is 0. The SMILES string of the molecule is CCC(C)(O)CNc1cccc(NC)n1. The van der Waals surface area contributed by atoms with Gasteiger partial charge in [0.05, 0.1) is 5.60 Å². The molecule has 0 radical (unpaired) electrons. The van der Waals surface area contributed by atoms with Crippen molar-refractivity contribution in [2.45, 2.75) is 25.9 Å². The quantitative estimate of drug-likeness (QED) is 0.691. The molecule has 0 aromatic carbocycles. The van der Waals surface area contributed by atoms with E-state index in [-0.39, 0.29) is 0 Å². The van der Waals surface area contributed by atoms with Crippen molar-refractivity contribution in [3.05, 3.63) is 18.2 Å². The Hall–Kier alpha value is -1.29. The van der Waals surface area contributed by atoms with Gasteiger partial charge in [0.1, 0.15) is 11.6 Å². The summed E-state index contributed by atoms with van der Waals surface area (Å²) in [6.45, 7) is 4.27. The molecule has 0 aliphatic rings. The van der Waals surface area contributed by atoms with Crippen LogP contribution in [0.5, 0.6) is 0 Å². The lowest BCUT2D eigenvalue weighted by atomic mass is 10.0. The molecule has 0 spiro atoms. The lowest BCUT2D eigenvalue weighted by Crippen LogP contribution is -2.32. The summed E-state index contributed by atoms with van der Waals surface area (Å²) in [6, 6.07) is 5.69. The van der Waals surface area contributed by atoms with E-state index in [4.69, 9.17) is 0 Å². The molecule has 84 valence electrons. The highest BCUT2D eigenvalue weighted by Gasteiger charge is 2.16. The summed E-state index contributed by atoms with van der Waals surface area (Å²) in [5.74, 6) is 1.59. The van der Waals surface area contributed by atoms with Gasteiger partial charge in [0.25, 0.3) is 0 Å². The first kappa shape index (κ1) is 11.8. The standard InChI is InChI=1S/C11H19N3O/c1-4-11(2,15)8-13-10-7-5-6-9(12-3)14-10/h5-7,15H,4,8H2,1-3H3,(H2,12,13,14). The first-order valence-corrected chi connectivity index (χ1v) is 5.18. The second-order valence-electron chi connectivity index (χ2n) is 3.86. The van der Waals surface area contributed by atoms with Crippen LogP contribution in [0.25, 0.3) is 0 Å². The monoisotopic (exact) mass is 209 g/mol. The number of hydrogen-bond acceptors (Lipinski definition) is 4. The number of aliphatic hydroxyl groups is 1. The molecule has 0 fully saturated rings. The van der Waals surface area contributed by atoms with Crippen LogP contribution in [0.4, 0.5) is 11.6 Å². The predicted molar refractivity (Wildman–Crippen MR) is 63.2 cm³/mol. The number of rotatable bonds is 5. The number of nitrogens with one attached hydrogen (secondary N) is 2. The van der Waals surface area contributed by atoms with Gasteiger partial charge in [-0.1, -0.05) is 13.0 Å². The van der Waals surface area contributed by atoms with Crippen molar-refractivity contribution in [2.75, 3.05) is 24.2 Å². The highest BCUT2D eigenvalue weighted by molar-refractivity contribution is 5.44. The highest BCUT2D eigenvalue weighted by atomic mass is 16.3. The summed E-state index contributed by atoms with van der Waals surface area (Å²) in [5, 5.41) is 15.9. The topological polar surface area (TPSA) is 57.2 Å². The number of hydrogen-bond donors (Lipinski definition) is 3. The molecule has 1 unspecified atom stereocenters. The van der Waals surface area contributed by atoms with Gasteiger partial charge in [-0.25, -0.2) is 4.98 Å². The van der Waals surface area contributed by atoms with Gasteiger partial charge in [0, 0.05) is 13.6 Å². The van der Waals surface area contributed by atoms with E-state index in [0.717, 1.165) is 11.6 Å². The van der Waals surface area contributed by atoms with Crippen LogP contribution in [0.3, 0.4) is 0 Å². The minimum atomic E-state index is -0.683. The Balaban J connectivity index is 2.57. The van der Waals surface area contributed by atoms with Crippen molar-refractivity contribution in [3.8, 4) is 0 Å². The zero-order valence-electron chi connectivity index (χ0n) is 9.54. The van der Waals surface area contributed by atoms with E-state index in [2.05, 4.69) is 15.6 Å². The zero-order valence-corrected chi connectivity index (χ0v) is 9.54. The van der Waals surface area contributed by atoms with Crippen molar-refractivity contribution < 1.29 is 5.11 Å². The third kappa shape index (κ3) is 3.75. The van der Waals surface area contributed by atoms with Crippen molar-refractivity contribution >= 4 is 11.6 Å². The number of anilines is 2. The molecule has 1 aromatic rings. The molecule has 4 heteroatoms. The molecule has 1 atom stereocenters. The normalized spacial score (nSPS) is 14.4. The van der Waals surface area contributed by atoms with Gasteiger partial charge in [0.15, 0.2) is 0 Å². The zero-order chi connectivity index (χ0) is 11.3. The van der Waals surface area contributed by atoms with Crippen LogP contribution in [0.15, 0.2) is 18.2 Å². The molecular weight excluding hydrogens is 190 g/mol. The average molecular weight is 209 g/mol. The number of nitrogens with zero attached hydrogens (tertiary/aromatic N) is 1. The Bertz CT molecular complexity index is 312. The maximum atomic E-state index is 9.81. The van der Waals surface area contributed by atoms with Crippen molar-refractivity contribution in [1.82, 2.24) is 4.98 Å². The van der Waals surface area contributed by atoms with Crippen LogP contribution in [-0.2, 0) is 0 Å². The van der Waals surface area contributed by atoms with Gasteiger partial charge in [-0.2, -0.15) is 0 Å². The molecule has 0 aliphatic carbocycles. The molecule has 0 bridgehead atoms. The summed E-state index contributed by atoms with van der Waals surface area (Å²) >= 11 is 0. The van der Waals surface area contributed by atoms with Gasteiger partial charge < -0.3 is 15.7 Å². The second kappa shape index (κ2) is 4.98. The van der Waals surface area contributed by atoms with Crippen LogP contribution in [-0.4, -0.2) is 29.3 Å². The Morgan fingerprint density at radius 2 is 2.07 bits per heavy atom. The molecule has 0 saturated carbocycles. The molecule has 1 heterocycles. The van der Waals surface area contributed by atoms with E-state index in [0.29, 0.717) is 13.0 Å². The summed E-state index contributed by atoms with van der Waals surface area (Å²) in [6.07, 6.45) is 0.714. The molecular formula is C11H19N3O. The van der Waals surface area contributed by atoms with Crippen molar-refractivity contribution in [3.63, 3.8) is 0 Å². The molecule has 15 heavy (non-hydrogen) atoms. The van der Waals surface area contributed by atoms with Crippen molar-refractivity contribution in [2.24, 2.45) is 0 Å². The third-order valence-electron chi connectivity index (χ3n) is 2.42. The van der Waals surface area contributed by atoms with Crippen LogP contribution in [0.1, 0.15) is 20.3 Å². The van der Waals surface area contributed by atoms with Crippen LogP contribution in [0.2, 0.25) is 0 Å². The maximum Gasteiger partial charge on any atom is 0.128 e. The first-order valence-electron chi connectivity index (χ1n) is 5.18. The first-order chi connectivity index (χ1) is 7.07. The van der Waals surface area contributed by atoms with E-state index in [9.17, 15) is 5.11 Å². The molecule has 0 amide bonds. The fraction of sp³-hybridized carbons (Fsp3) is 0.545. The molecule has 0 aliphatic heterocycles. The average Bonchev–Trinajstić information content (AvgIpc) is 2.27. The lowest BCUT2D eigenvalue weighted by molar-refractivity contribution is 0.0696. The summed E-state index contributed by atoms with van der Waals surface area (Å²) in [7, 11) is 1.83.